The summed E-state index contributed by atoms with van der Waals surface area (Å²) in [5.74, 6) is 0.232. The molecular formula is C7H12N2O2. The van der Waals surface area contributed by atoms with E-state index in [9.17, 15) is 9.59 Å². The quantitative estimate of drug-likeness (QED) is 0.521. The Hall–Kier alpha value is -0.900. The van der Waals surface area contributed by atoms with Gasteiger partial charge in [0.15, 0.2) is 0 Å². The van der Waals surface area contributed by atoms with Crippen molar-refractivity contribution in [1.29, 1.82) is 0 Å². The third-order valence-electron chi connectivity index (χ3n) is 2.06. The molecule has 0 aromatic heterocycles. The topological polar surface area (TPSA) is 63.4 Å². The summed E-state index contributed by atoms with van der Waals surface area (Å²) in [6.07, 6.45) is 0.738. The number of aldehydes is 1. The standard InChI is InChI=1S/C7H12N2O2/c1-5(11)9-2-6(3-9)7(8)4-10/h4,6-7H,2-3,8H2,1H3. The van der Waals surface area contributed by atoms with Gasteiger partial charge in [-0.05, 0) is 0 Å². The molecule has 1 unspecified atom stereocenters. The highest BCUT2D eigenvalue weighted by molar-refractivity contribution is 5.74. The number of carbonyl (C=O) groups is 2. The largest absolute Gasteiger partial charge is 0.342 e. The Balaban J connectivity index is 2.29. The summed E-state index contributed by atoms with van der Waals surface area (Å²) < 4.78 is 0. The lowest BCUT2D eigenvalue weighted by molar-refractivity contribution is -0.136. The van der Waals surface area contributed by atoms with Crippen LogP contribution in [-0.4, -0.2) is 36.2 Å². The number of amides is 1. The first-order chi connectivity index (χ1) is 5.15. The molecule has 1 fully saturated rings. The molecule has 1 aliphatic rings. The van der Waals surface area contributed by atoms with E-state index in [-0.39, 0.29) is 11.8 Å². The number of likely N-dealkylation sites (tertiary alicyclic amines) is 1. The molecule has 62 valence electrons. The summed E-state index contributed by atoms with van der Waals surface area (Å²) in [5.41, 5.74) is 5.43. The Labute approximate surface area is 65.3 Å². The first-order valence-electron chi connectivity index (χ1n) is 3.61. The lowest BCUT2D eigenvalue weighted by Gasteiger charge is -2.40. The van der Waals surface area contributed by atoms with Crippen LogP contribution in [0.4, 0.5) is 0 Å². The number of rotatable bonds is 2. The number of hydrogen-bond donors (Lipinski definition) is 1. The predicted octanol–water partition coefficient (Wildman–Crippen LogP) is -1.01. The fourth-order valence-corrected chi connectivity index (χ4v) is 1.12. The second-order valence-electron chi connectivity index (χ2n) is 2.90. The molecule has 0 aromatic carbocycles. The van der Waals surface area contributed by atoms with Crippen LogP contribution in [-0.2, 0) is 9.59 Å². The minimum Gasteiger partial charge on any atom is -0.342 e. The molecule has 0 saturated carbocycles. The normalized spacial score (nSPS) is 20.7. The first-order valence-corrected chi connectivity index (χ1v) is 3.61. The lowest BCUT2D eigenvalue weighted by Crippen LogP contribution is -2.56. The van der Waals surface area contributed by atoms with Crippen molar-refractivity contribution >= 4 is 12.2 Å². The van der Waals surface area contributed by atoms with Crippen LogP contribution in [0.5, 0.6) is 0 Å². The molecule has 1 rings (SSSR count). The average Bonchev–Trinajstić information content (AvgIpc) is 1.83. The van der Waals surface area contributed by atoms with Crippen LogP contribution in [0.1, 0.15) is 6.92 Å². The second kappa shape index (κ2) is 3.00. The number of nitrogens with two attached hydrogens (primary N) is 1. The Morgan fingerprint density at radius 3 is 2.64 bits per heavy atom. The van der Waals surface area contributed by atoms with Crippen LogP contribution >= 0.6 is 0 Å². The summed E-state index contributed by atoms with van der Waals surface area (Å²) in [5, 5.41) is 0. The van der Waals surface area contributed by atoms with E-state index in [4.69, 9.17) is 5.73 Å². The molecule has 2 N–H and O–H groups in total. The van der Waals surface area contributed by atoms with Gasteiger partial charge in [-0.25, -0.2) is 0 Å². The van der Waals surface area contributed by atoms with Gasteiger partial charge in [0.05, 0.1) is 6.04 Å². The summed E-state index contributed by atoms with van der Waals surface area (Å²) >= 11 is 0. The van der Waals surface area contributed by atoms with Crippen molar-refractivity contribution in [3.05, 3.63) is 0 Å². The maximum absolute atomic E-state index is 10.7. The molecule has 0 aliphatic carbocycles. The molecule has 0 spiro atoms. The number of carbonyl (C=O) groups excluding carboxylic acids is 2. The number of hydrogen-bond acceptors (Lipinski definition) is 3. The van der Waals surface area contributed by atoms with Crippen LogP contribution in [0.2, 0.25) is 0 Å². The van der Waals surface area contributed by atoms with E-state index >= 15 is 0 Å². The lowest BCUT2D eigenvalue weighted by atomic mass is 9.93. The zero-order valence-electron chi connectivity index (χ0n) is 6.49. The molecule has 4 nitrogen and oxygen atoms in total. The third-order valence-corrected chi connectivity index (χ3v) is 2.06. The average molecular weight is 156 g/mol. The summed E-state index contributed by atoms with van der Waals surface area (Å²) in [7, 11) is 0. The van der Waals surface area contributed by atoms with Crippen LogP contribution in [0.3, 0.4) is 0 Å². The maximum atomic E-state index is 10.7. The summed E-state index contributed by atoms with van der Waals surface area (Å²) in [6, 6.07) is -0.398. The van der Waals surface area contributed by atoms with Gasteiger partial charge < -0.3 is 15.4 Å². The number of nitrogens with zero attached hydrogens (tertiary/aromatic N) is 1. The molecule has 11 heavy (non-hydrogen) atoms. The zero-order valence-corrected chi connectivity index (χ0v) is 6.49. The van der Waals surface area contributed by atoms with Crippen LogP contribution in [0.25, 0.3) is 0 Å². The van der Waals surface area contributed by atoms with E-state index in [2.05, 4.69) is 0 Å². The van der Waals surface area contributed by atoms with Gasteiger partial charge in [0.2, 0.25) is 5.91 Å². The smallest absolute Gasteiger partial charge is 0.219 e. The monoisotopic (exact) mass is 156 g/mol. The maximum Gasteiger partial charge on any atom is 0.219 e. The highest BCUT2D eigenvalue weighted by Gasteiger charge is 2.32. The fraction of sp³-hybridized carbons (Fsp3) is 0.714. The Morgan fingerprint density at radius 1 is 1.73 bits per heavy atom. The third kappa shape index (κ3) is 1.57. The summed E-state index contributed by atoms with van der Waals surface area (Å²) in [6.45, 7) is 2.78. The van der Waals surface area contributed by atoms with Crippen molar-refractivity contribution in [3.63, 3.8) is 0 Å². The van der Waals surface area contributed by atoms with Gasteiger partial charge in [0.1, 0.15) is 6.29 Å². The SMILES string of the molecule is CC(=O)N1CC(C(N)C=O)C1. The summed E-state index contributed by atoms with van der Waals surface area (Å²) in [4.78, 5) is 22.5. The van der Waals surface area contributed by atoms with Crippen molar-refractivity contribution in [2.24, 2.45) is 11.7 Å². The first kappa shape index (κ1) is 8.20. The van der Waals surface area contributed by atoms with Gasteiger partial charge in [-0.3, -0.25) is 4.79 Å². The van der Waals surface area contributed by atoms with Gasteiger partial charge in [-0.15, -0.1) is 0 Å². The molecule has 1 amide bonds. The van der Waals surface area contributed by atoms with Gasteiger partial charge in [-0.1, -0.05) is 0 Å². The molecule has 0 bridgehead atoms. The van der Waals surface area contributed by atoms with Gasteiger partial charge in [0.25, 0.3) is 0 Å². The van der Waals surface area contributed by atoms with Crippen LogP contribution < -0.4 is 5.73 Å². The molecule has 1 aliphatic heterocycles. The van der Waals surface area contributed by atoms with Crippen LogP contribution in [0, 0.1) is 5.92 Å². The molecule has 1 atom stereocenters. The van der Waals surface area contributed by atoms with E-state index in [1.165, 1.54) is 6.92 Å². The molecule has 0 aromatic rings. The van der Waals surface area contributed by atoms with Crippen molar-refractivity contribution in [3.8, 4) is 0 Å². The fourth-order valence-electron chi connectivity index (χ4n) is 1.12. The minimum atomic E-state index is -0.398. The molecule has 1 heterocycles. The molecule has 1 saturated heterocycles. The van der Waals surface area contributed by atoms with Crippen molar-refractivity contribution in [2.45, 2.75) is 13.0 Å². The highest BCUT2D eigenvalue weighted by atomic mass is 16.2. The van der Waals surface area contributed by atoms with Gasteiger partial charge in [-0.2, -0.15) is 0 Å². The van der Waals surface area contributed by atoms with E-state index in [1.54, 1.807) is 4.90 Å². The molecule has 0 radical (unpaired) electrons. The van der Waals surface area contributed by atoms with E-state index in [0.29, 0.717) is 13.1 Å². The molecule has 4 heteroatoms. The minimum absolute atomic E-state index is 0.0550. The zero-order chi connectivity index (χ0) is 8.43. The highest BCUT2D eigenvalue weighted by Crippen LogP contribution is 2.16. The molecular weight excluding hydrogens is 144 g/mol. The van der Waals surface area contributed by atoms with E-state index in [0.717, 1.165) is 6.29 Å². The van der Waals surface area contributed by atoms with Crippen LogP contribution in [0.15, 0.2) is 0 Å². The van der Waals surface area contributed by atoms with Crippen molar-refractivity contribution in [2.75, 3.05) is 13.1 Å². The Kier molecular flexibility index (Phi) is 2.24. The Bertz CT molecular complexity index is 175. The second-order valence-corrected chi connectivity index (χ2v) is 2.90. The Morgan fingerprint density at radius 2 is 2.27 bits per heavy atom. The van der Waals surface area contributed by atoms with Gasteiger partial charge >= 0.3 is 0 Å². The van der Waals surface area contributed by atoms with E-state index < -0.39 is 6.04 Å². The van der Waals surface area contributed by atoms with E-state index in [1.807, 2.05) is 0 Å². The van der Waals surface area contributed by atoms with Gasteiger partial charge in [0, 0.05) is 25.9 Å². The predicted molar refractivity (Wildman–Crippen MR) is 39.8 cm³/mol. The van der Waals surface area contributed by atoms with Crippen molar-refractivity contribution < 1.29 is 9.59 Å². The van der Waals surface area contributed by atoms with Crippen molar-refractivity contribution in [1.82, 2.24) is 4.90 Å².